The van der Waals surface area contributed by atoms with Crippen molar-refractivity contribution in [2.45, 2.75) is 32.7 Å². The molecule has 146 valence electrons. The van der Waals surface area contributed by atoms with Crippen molar-refractivity contribution in [3.8, 4) is 0 Å². The average molecular weight is 440 g/mol. The molecule has 0 spiro atoms. The number of nitrogens with zero attached hydrogens (tertiary/aromatic N) is 2. The summed E-state index contributed by atoms with van der Waals surface area (Å²) in [5.41, 5.74) is 1.98. The van der Waals surface area contributed by atoms with Crippen LogP contribution in [0.2, 0.25) is 15.1 Å². The van der Waals surface area contributed by atoms with E-state index >= 15 is 0 Å². The molecule has 0 saturated heterocycles. The number of amides is 1. The number of hydrogen-bond donors (Lipinski definition) is 0. The molecule has 2 aromatic carbocycles. The molecule has 0 saturated carbocycles. The van der Waals surface area contributed by atoms with Gasteiger partial charge >= 0.3 is 5.97 Å². The maximum Gasteiger partial charge on any atom is 0.335 e. The van der Waals surface area contributed by atoms with Gasteiger partial charge in [0.1, 0.15) is 0 Å². The first-order valence-electron chi connectivity index (χ1n) is 8.74. The molecule has 3 rings (SSSR count). The molecule has 0 radical (unpaired) electrons. The second-order valence-corrected chi connectivity index (χ2v) is 7.56. The number of halogens is 3. The SMILES string of the molecule is CCCCC(=O)O/N=C1/C(=O)N(Cc2ccc(Cl)c(Cl)c2)c2ccc(Cl)cc21. The van der Waals surface area contributed by atoms with Gasteiger partial charge in [0, 0.05) is 17.0 Å². The van der Waals surface area contributed by atoms with Crippen molar-refractivity contribution >= 4 is 58.1 Å². The summed E-state index contributed by atoms with van der Waals surface area (Å²) < 4.78 is 0. The molecule has 0 N–H and O–H groups in total. The van der Waals surface area contributed by atoms with Crippen LogP contribution in [-0.2, 0) is 21.0 Å². The molecule has 0 atom stereocenters. The van der Waals surface area contributed by atoms with Gasteiger partial charge in [0.15, 0.2) is 5.71 Å². The Hall–Kier alpha value is -2.08. The van der Waals surface area contributed by atoms with E-state index in [1.807, 2.05) is 6.92 Å². The molecule has 0 aromatic heterocycles. The molecule has 5 nitrogen and oxygen atoms in total. The van der Waals surface area contributed by atoms with Gasteiger partial charge in [-0.2, -0.15) is 0 Å². The summed E-state index contributed by atoms with van der Waals surface area (Å²) in [6, 6.07) is 10.2. The number of unbranched alkanes of at least 4 members (excludes halogenated alkanes) is 1. The van der Waals surface area contributed by atoms with Gasteiger partial charge < -0.3 is 9.74 Å². The monoisotopic (exact) mass is 438 g/mol. The zero-order chi connectivity index (χ0) is 20.3. The number of anilines is 1. The lowest BCUT2D eigenvalue weighted by Gasteiger charge is -2.17. The molecule has 1 aliphatic heterocycles. The van der Waals surface area contributed by atoms with Crippen LogP contribution in [0.15, 0.2) is 41.6 Å². The molecule has 28 heavy (non-hydrogen) atoms. The third-order valence-corrected chi connectivity index (χ3v) is 5.22. The van der Waals surface area contributed by atoms with Crippen molar-refractivity contribution in [3.63, 3.8) is 0 Å². The first kappa shape index (κ1) is 20.6. The van der Waals surface area contributed by atoms with E-state index in [0.717, 1.165) is 12.0 Å². The van der Waals surface area contributed by atoms with Crippen LogP contribution in [-0.4, -0.2) is 17.6 Å². The first-order valence-corrected chi connectivity index (χ1v) is 9.87. The number of rotatable bonds is 6. The molecule has 1 aliphatic rings. The molecule has 1 amide bonds. The minimum Gasteiger partial charge on any atom is -0.317 e. The van der Waals surface area contributed by atoms with E-state index in [4.69, 9.17) is 39.6 Å². The standard InChI is InChI=1S/C20H17Cl3N2O3/c1-2-3-4-18(26)28-24-19-14-10-13(21)6-8-17(14)25(20(19)27)11-12-5-7-15(22)16(23)9-12/h5-10H,2-4,11H2,1H3/b24-19+. The molecule has 0 aliphatic carbocycles. The fourth-order valence-corrected chi connectivity index (χ4v) is 3.31. The Morgan fingerprint density at radius 1 is 1.11 bits per heavy atom. The number of hydrogen-bond acceptors (Lipinski definition) is 4. The molecule has 0 fully saturated rings. The van der Waals surface area contributed by atoms with Crippen LogP contribution in [0.4, 0.5) is 5.69 Å². The van der Waals surface area contributed by atoms with Crippen LogP contribution in [0, 0.1) is 0 Å². The quantitative estimate of drug-likeness (QED) is 0.433. The zero-order valence-electron chi connectivity index (χ0n) is 15.0. The molecule has 2 aromatic rings. The highest BCUT2D eigenvalue weighted by atomic mass is 35.5. The Morgan fingerprint density at radius 3 is 2.61 bits per heavy atom. The van der Waals surface area contributed by atoms with Crippen molar-refractivity contribution < 1.29 is 14.4 Å². The highest BCUT2D eigenvalue weighted by molar-refractivity contribution is 6.54. The number of oxime groups is 1. The maximum atomic E-state index is 13.0. The Labute approximate surface area is 177 Å². The van der Waals surface area contributed by atoms with E-state index in [1.54, 1.807) is 36.4 Å². The fraction of sp³-hybridized carbons (Fsp3) is 0.250. The highest BCUT2D eigenvalue weighted by Crippen LogP contribution is 2.34. The summed E-state index contributed by atoms with van der Waals surface area (Å²) >= 11 is 18.1. The summed E-state index contributed by atoms with van der Waals surface area (Å²) in [7, 11) is 0. The Morgan fingerprint density at radius 2 is 1.89 bits per heavy atom. The minimum atomic E-state index is -0.478. The summed E-state index contributed by atoms with van der Waals surface area (Å²) in [5.74, 6) is -0.861. The first-order chi connectivity index (χ1) is 13.4. The van der Waals surface area contributed by atoms with E-state index in [9.17, 15) is 9.59 Å². The second-order valence-electron chi connectivity index (χ2n) is 6.31. The fourth-order valence-electron chi connectivity index (χ4n) is 2.81. The number of fused-ring (bicyclic) bond motifs is 1. The van der Waals surface area contributed by atoms with Crippen LogP contribution in [0.25, 0.3) is 0 Å². The maximum absolute atomic E-state index is 13.0. The van der Waals surface area contributed by atoms with Crippen molar-refractivity contribution in [2.75, 3.05) is 4.90 Å². The van der Waals surface area contributed by atoms with Gasteiger partial charge in [-0.1, -0.05) is 59.4 Å². The Balaban J connectivity index is 1.90. The second kappa shape index (κ2) is 8.95. The third-order valence-electron chi connectivity index (χ3n) is 4.25. The van der Waals surface area contributed by atoms with E-state index in [1.165, 1.54) is 4.90 Å². The predicted molar refractivity (Wildman–Crippen MR) is 111 cm³/mol. The third kappa shape index (κ3) is 4.49. The number of benzene rings is 2. The topological polar surface area (TPSA) is 59.0 Å². The predicted octanol–water partition coefficient (Wildman–Crippen LogP) is 5.63. The van der Waals surface area contributed by atoms with Crippen LogP contribution < -0.4 is 4.90 Å². The zero-order valence-corrected chi connectivity index (χ0v) is 17.3. The summed E-state index contributed by atoms with van der Waals surface area (Å²) in [4.78, 5) is 31.2. The normalized spacial score (nSPS) is 14.5. The van der Waals surface area contributed by atoms with Crippen LogP contribution in [0.3, 0.4) is 0 Å². The van der Waals surface area contributed by atoms with Gasteiger partial charge in [-0.3, -0.25) is 4.79 Å². The number of carbonyl (C=O) groups is 2. The van der Waals surface area contributed by atoms with Gasteiger partial charge in [-0.25, -0.2) is 4.79 Å². The minimum absolute atomic E-state index is 0.0439. The number of carbonyl (C=O) groups excluding carboxylic acids is 2. The van der Waals surface area contributed by atoms with Gasteiger partial charge in [-0.15, -0.1) is 0 Å². The lowest BCUT2D eigenvalue weighted by Crippen LogP contribution is -2.29. The van der Waals surface area contributed by atoms with Gasteiger partial charge in [0.2, 0.25) is 0 Å². The molecule has 0 unspecified atom stereocenters. The lowest BCUT2D eigenvalue weighted by atomic mass is 10.1. The molecule has 8 heteroatoms. The van der Waals surface area contributed by atoms with E-state index in [2.05, 4.69) is 5.16 Å². The van der Waals surface area contributed by atoms with Crippen LogP contribution in [0.1, 0.15) is 37.3 Å². The van der Waals surface area contributed by atoms with Gasteiger partial charge in [0.05, 0.1) is 22.3 Å². The summed E-state index contributed by atoms with van der Waals surface area (Å²) in [6.07, 6.45) is 1.81. The molecule has 1 heterocycles. The smallest absolute Gasteiger partial charge is 0.317 e. The largest absolute Gasteiger partial charge is 0.335 e. The van der Waals surface area contributed by atoms with E-state index < -0.39 is 5.97 Å². The Bertz CT molecular complexity index is 960. The van der Waals surface area contributed by atoms with Crippen LogP contribution in [0.5, 0.6) is 0 Å². The summed E-state index contributed by atoms with van der Waals surface area (Å²) in [6.45, 7) is 2.23. The van der Waals surface area contributed by atoms with Crippen molar-refractivity contribution in [3.05, 3.63) is 62.6 Å². The molecule has 0 bridgehead atoms. The van der Waals surface area contributed by atoms with Crippen LogP contribution >= 0.6 is 34.8 Å². The van der Waals surface area contributed by atoms with Crippen molar-refractivity contribution in [2.24, 2.45) is 5.16 Å². The van der Waals surface area contributed by atoms with E-state index in [-0.39, 0.29) is 24.6 Å². The van der Waals surface area contributed by atoms with Gasteiger partial charge in [-0.05, 0) is 42.3 Å². The molecular weight excluding hydrogens is 423 g/mol. The van der Waals surface area contributed by atoms with Crippen molar-refractivity contribution in [1.82, 2.24) is 0 Å². The molecular formula is C20H17Cl3N2O3. The lowest BCUT2D eigenvalue weighted by molar-refractivity contribution is -0.143. The van der Waals surface area contributed by atoms with Crippen molar-refractivity contribution in [1.29, 1.82) is 0 Å². The van der Waals surface area contributed by atoms with E-state index in [0.29, 0.717) is 32.7 Å². The highest BCUT2D eigenvalue weighted by Gasteiger charge is 2.35. The average Bonchev–Trinajstić information content (AvgIpc) is 2.92. The summed E-state index contributed by atoms with van der Waals surface area (Å²) in [5, 5.41) is 5.13. The Kier molecular flexibility index (Phi) is 6.60. The van der Waals surface area contributed by atoms with Gasteiger partial charge in [0.25, 0.3) is 5.91 Å².